The van der Waals surface area contributed by atoms with Gasteiger partial charge in [-0.2, -0.15) is 0 Å². The van der Waals surface area contributed by atoms with Gasteiger partial charge in [0, 0.05) is 32.5 Å². The molecule has 0 bridgehead atoms. The first-order valence-corrected chi connectivity index (χ1v) is 4.54. The molecule has 1 amide bonds. The van der Waals surface area contributed by atoms with Gasteiger partial charge in [-0.25, -0.2) is 4.68 Å². The number of amides is 1. The molecule has 0 radical (unpaired) electrons. The van der Waals surface area contributed by atoms with Crippen LogP contribution in [0.3, 0.4) is 0 Å². The quantitative estimate of drug-likeness (QED) is 0.679. The number of rotatable bonds is 2. The van der Waals surface area contributed by atoms with E-state index in [0.29, 0.717) is 24.7 Å². The summed E-state index contributed by atoms with van der Waals surface area (Å²) < 4.78 is 1.69. The Labute approximate surface area is 81.7 Å². The largest absolute Gasteiger partial charge is 0.381 e. The van der Waals surface area contributed by atoms with Gasteiger partial charge in [-0.15, -0.1) is 5.10 Å². The third kappa shape index (κ3) is 1.68. The standard InChI is InChI=1S/C8H13N5O/c1-12-3-6(2-8(12)14)4-13-5-7(9)10-11-13/h5-6H,2-4,9H2,1H3. The lowest BCUT2D eigenvalue weighted by atomic mass is 10.1. The molecule has 1 fully saturated rings. The third-order valence-corrected chi connectivity index (χ3v) is 2.42. The minimum absolute atomic E-state index is 0.197. The predicted octanol–water partition coefficient (Wildman–Crippen LogP) is -0.661. The highest BCUT2D eigenvalue weighted by Gasteiger charge is 2.27. The van der Waals surface area contributed by atoms with E-state index in [1.807, 2.05) is 7.05 Å². The minimum atomic E-state index is 0.197. The molecule has 0 aliphatic carbocycles. The summed E-state index contributed by atoms with van der Waals surface area (Å²) in [5.41, 5.74) is 5.44. The average molecular weight is 195 g/mol. The monoisotopic (exact) mass is 195 g/mol. The van der Waals surface area contributed by atoms with Gasteiger partial charge in [0.2, 0.25) is 5.91 Å². The summed E-state index contributed by atoms with van der Waals surface area (Å²) >= 11 is 0. The molecule has 1 saturated heterocycles. The van der Waals surface area contributed by atoms with Gasteiger partial charge in [-0.3, -0.25) is 4.79 Å². The minimum Gasteiger partial charge on any atom is -0.381 e. The molecule has 0 saturated carbocycles. The van der Waals surface area contributed by atoms with Crippen molar-refractivity contribution in [2.24, 2.45) is 5.92 Å². The Kier molecular flexibility index (Phi) is 2.11. The molecule has 0 aromatic carbocycles. The molecule has 6 nitrogen and oxygen atoms in total. The highest BCUT2D eigenvalue weighted by Crippen LogP contribution is 2.17. The molecule has 2 rings (SSSR count). The smallest absolute Gasteiger partial charge is 0.222 e. The molecule has 1 aromatic rings. The van der Waals surface area contributed by atoms with Crippen LogP contribution in [0.25, 0.3) is 0 Å². The lowest BCUT2D eigenvalue weighted by Gasteiger charge is -2.09. The summed E-state index contributed by atoms with van der Waals surface area (Å²) in [7, 11) is 1.82. The second kappa shape index (κ2) is 3.28. The van der Waals surface area contributed by atoms with Crippen LogP contribution in [-0.4, -0.2) is 39.4 Å². The lowest BCUT2D eigenvalue weighted by molar-refractivity contribution is -0.126. The molecule has 1 aliphatic rings. The van der Waals surface area contributed by atoms with E-state index in [2.05, 4.69) is 10.3 Å². The fraction of sp³-hybridized carbons (Fsp3) is 0.625. The van der Waals surface area contributed by atoms with Crippen LogP contribution in [0.4, 0.5) is 5.82 Å². The summed E-state index contributed by atoms with van der Waals surface area (Å²) in [6.07, 6.45) is 2.28. The van der Waals surface area contributed by atoms with E-state index in [1.165, 1.54) is 0 Å². The normalized spacial score (nSPS) is 21.9. The van der Waals surface area contributed by atoms with Crippen LogP contribution in [0.5, 0.6) is 0 Å². The summed E-state index contributed by atoms with van der Waals surface area (Å²) in [4.78, 5) is 13.0. The number of hydrogen-bond donors (Lipinski definition) is 1. The number of hydrogen-bond acceptors (Lipinski definition) is 4. The van der Waals surface area contributed by atoms with Crippen molar-refractivity contribution in [1.29, 1.82) is 0 Å². The fourth-order valence-electron chi connectivity index (χ4n) is 1.75. The lowest BCUT2D eigenvalue weighted by Crippen LogP contribution is -2.20. The molecule has 1 unspecified atom stereocenters. The van der Waals surface area contributed by atoms with Gasteiger partial charge in [-0.1, -0.05) is 5.21 Å². The van der Waals surface area contributed by atoms with Crippen molar-refractivity contribution in [2.45, 2.75) is 13.0 Å². The number of likely N-dealkylation sites (tertiary alicyclic amines) is 1. The van der Waals surface area contributed by atoms with Crippen LogP contribution in [0.15, 0.2) is 6.20 Å². The van der Waals surface area contributed by atoms with Gasteiger partial charge in [0.1, 0.15) is 0 Å². The first-order chi connectivity index (χ1) is 6.65. The molecule has 1 atom stereocenters. The van der Waals surface area contributed by atoms with Gasteiger partial charge < -0.3 is 10.6 Å². The molecule has 14 heavy (non-hydrogen) atoms. The van der Waals surface area contributed by atoms with Gasteiger partial charge in [-0.05, 0) is 0 Å². The van der Waals surface area contributed by atoms with E-state index < -0.39 is 0 Å². The predicted molar refractivity (Wildman–Crippen MR) is 50.2 cm³/mol. The van der Waals surface area contributed by atoms with Crippen LogP contribution in [0.1, 0.15) is 6.42 Å². The van der Waals surface area contributed by atoms with E-state index in [-0.39, 0.29) is 5.91 Å². The maximum absolute atomic E-state index is 11.2. The summed E-state index contributed by atoms with van der Waals surface area (Å²) in [6, 6.07) is 0. The molecular weight excluding hydrogens is 182 g/mol. The Morgan fingerprint density at radius 2 is 2.50 bits per heavy atom. The maximum Gasteiger partial charge on any atom is 0.222 e. The Hall–Kier alpha value is -1.59. The number of anilines is 1. The average Bonchev–Trinajstić information content (AvgIpc) is 2.62. The van der Waals surface area contributed by atoms with Crippen LogP contribution < -0.4 is 5.73 Å². The number of carbonyl (C=O) groups excluding carboxylic acids is 1. The van der Waals surface area contributed by atoms with Crippen molar-refractivity contribution in [2.75, 3.05) is 19.3 Å². The molecule has 1 aromatic heterocycles. The second-order valence-electron chi connectivity index (χ2n) is 3.71. The number of carbonyl (C=O) groups is 1. The maximum atomic E-state index is 11.2. The first kappa shape index (κ1) is 8.98. The van der Waals surface area contributed by atoms with Crippen molar-refractivity contribution in [3.05, 3.63) is 6.20 Å². The zero-order valence-electron chi connectivity index (χ0n) is 8.05. The van der Waals surface area contributed by atoms with Crippen LogP contribution >= 0.6 is 0 Å². The molecule has 2 N–H and O–H groups in total. The van der Waals surface area contributed by atoms with E-state index in [1.54, 1.807) is 15.8 Å². The highest BCUT2D eigenvalue weighted by atomic mass is 16.2. The van der Waals surface area contributed by atoms with Crippen LogP contribution in [0, 0.1) is 5.92 Å². The summed E-state index contributed by atoms with van der Waals surface area (Å²) in [5.74, 6) is 0.944. The molecule has 6 heteroatoms. The first-order valence-electron chi connectivity index (χ1n) is 4.54. The Bertz CT molecular complexity index is 347. The van der Waals surface area contributed by atoms with E-state index in [9.17, 15) is 4.79 Å². The second-order valence-corrected chi connectivity index (χ2v) is 3.71. The third-order valence-electron chi connectivity index (χ3n) is 2.42. The van der Waals surface area contributed by atoms with Crippen molar-refractivity contribution in [3.63, 3.8) is 0 Å². The van der Waals surface area contributed by atoms with Gasteiger partial charge in [0.05, 0.1) is 6.20 Å². The zero-order valence-corrected chi connectivity index (χ0v) is 8.05. The SMILES string of the molecule is CN1CC(Cn2cc(N)nn2)CC1=O. The van der Waals surface area contributed by atoms with Crippen LogP contribution in [0.2, 0.25) is 0 Å². The highest BCUT2D eigenvalue weighted by molar-refractivity contribution is 5.78. The van der Waals surface area contributed by atoms with E-state index in [4.69, 9.17) is 5.73 Å². The molecule has 76 valence electrons. The van der Waals surface area contributed by atoms with Crippen LogP contribution in [-0.2, 0) is 11.3 Å². The van der Waals surface area contributed by atoms with Crippen molar-refractivity contribution < 1.29 is 4.79 Å². The van der Waals surface area contributed by atoms with Gasteiger partial charge >= 0.3 is 0 Å². The zero-order chi connectivity index (χ0) is 10.1. The molecular formula is C8H13N5O. The Morgan fingerprint density at radius 1 is 1.71 bits per heavy atom. The number of nitrogen functional groups attached to an aromatic ring is 1. The summed E-state index contributed by atoms with van der Waals surface area (Å²) in [6.45, 7) is 1.50. The van der Waals surface area contributed by atoms with Crippen molar-refractivity contribution >= 4 is 11.7 Å². The summed E-state index contributed by atoms with van der Waals surface area (Å²) in [5, 5.41) is 7.53. The fourth-order valence-corrected chi connectivity index (χ4v) is 1.75. The topological polar surface area (TPSA) is 77.0 Å². The van der Waals surface area contributed by atoms with Crippen molar-refractivity contribution in [3.8, 4) is 0 Å². The molecule has 1 aliphatic heterocycles. The molecule has 2 heterocycles. The Morgan fingerprint density at radius 3 is 3.00 bits per heavy atom. The number of aromatic nitrogens is 3. The number of nitrogens with zero attached hydrogens (tertiary/aromatic N) is 4. The van der Waals surface area contributed by atoms with E-state index in [0.717, 1.165) is 6.54 Å². The van der Waals surface area contributed by atoms with E-state index >= 15 is 0 Å². The van der Waals surface area contributed by atoms with Crippen molar-refractivity contribution in [1.82, 2.24) is 19.9 Å². The number of nitrogens with two attached hydrogens (primary N) is 1. The van der Waals surface area contributed by atoms with Gasteiger partial charge in [0.15, 0.2) is 5.82 Å². The Balaban J connectivity index is 1.96. The van der Waals surface area contributed by atoms with Gasteiger partial charge in [0.25, 0.3) is 0 Å². The molecule has 0 spiro atoms.